The minimum Gasteiger partial charge on any atom is -0.345 e. The van der Waals surface area contributed by atoms with Gasteiger partial charge in [0, 0.05) is 18.8 Å². The van der Waals surface area contributed by atoms with Crippen LogP contribution in [-0.4, -0.2) is 24.6 Å². The maximum atomic E-state index is 5.49. The van der Waals surface area contributed by atoms with E-state index in [9.17, 15) is 0 Å². The fourth-order valence-electron chi connectivity index (χ4n) is 2.32. The summed E-state index contributed by atoms with van der Waals surface area (Å²) in [6.45, 7) is 7.10. The Kier molecular flexibility index (Phi) is 5.43. The van der Waals surface area contributed by atoms with Crippen LogP contribution in [-0.2, 0) is 0 Å². The molecule has 0 radical (unpaired) electrons. The molecule has 2 rings (SSSR count). The molecule has 1 fully saturated rings. The highest BCUT2D eigenvalue weighted by Crippen LogP contribution is 2.31. The van der Waals surface area contributed by atoms with Crippen LogP contribution in [0.3, 0.4) is 0 Å². The third-order valence-electron chi connectivity index (χ3n) is 3.75. The Morgan fingerprint density at radius 3 is 3.00 bits per heavy atom. The van der Waals surface area contributed by atoms with Gasteiger partial charge in [-0.1, -0.05) is 12.8 Å². The number of rotatable bonds is 8. The van der Waals surface area contributed by atoms with Crippen molar-refractivity contribution in [3.05, 3.63) is 23.9 Å². The molecule has 0 aliphatic heterocycles. The largest absolute Gasteiger partial charge is 0.345 e. The third kappa shape index (κ3) is 4.25. The molecule has 0 amide bonds. The Labute approximate surface area is 122 Å². The Morgan fingerprint density at radius 1 is 1.55 bits per heavy atom. The Morgan fingerprint density at radius 2 is 2.35 bits per heavy atom. The number of hydrogen-bond acceptors (Lipinski definition) is 3. The van der Waals surface area contributed by atoms with Crippen molar-refractivity contribution in [2.45, 2.75) is 39.2 Å². The highest BCUT2D eigenvalue weighted by atomic mass is 15.2. The summed E-state index contributed by atoms with van der Waals surface area (Å²) >= 11 is 0. The molecule has 1 aliphatic carbocycles. The molecule has 0 aromatic carbocycles. The lowest BCUT2D eigenvalue weighted by Gasteiger charge is -2.23. The first-order valence-corrected chi connectivity index (χ1v) is 7.62. The first-order chi connectivity index (χ1) is 9.74. The van der Waals surface area contributed by atoms with Crippen molar-refractivity contribution in [1.29, 1.82) is 0 Å². The van der Waals surface area contributed by atoms with E-state index in [0.717, 1.165) is 31.2 Å². The smallest absolute Gasteiger partial charge is 0.129 e. The van der Waals surface area contributed by atoms with E-state index >= 15 is 0 Å². The number of aromatic nitrogens is 1. The van der Waals surface area contributed by atoms with Gasteiger partial charge in [-0.25, -0.2) is 4.98 Å². The van der Waals surface area contributed by atoms with Gasteiger partial charge in [0.25, 0.3) is 0 Å². The number of terminal acetylenes is 1. The predicted molar refractivity (Wildman–Crippen MR) is 84.7 cm³/mol. The van der Waals surface area contributed by atoms with E-state index in [1.807, 2.05) is 6.20 Å². The van der Waals surface area contributed by atoms with Gasteiger partial charge in [0.15, 0.2) is 0 Å². The summed E-state index contributed by atoms with van der Waals surface area (Å²) in [6.07, 6.45) is 11.2. The lowest BCUT2D eigenvalue weighted by Crippen LogP contribution is -2.27. The minimum absolute atomic E-state index is 0.352. The quantitative estimate of drug-likeness (QED) is 0.737. The van der Waals surface area contributed by atoms with Crippen LogP contribution < -0.4 is 10.2 Å². The molecular weight excluding hydrogens is 246 g/mol. The summed E-state index contributed by atoms with van der Waals surface area (Å²) < 4.78 is 0. The molecule has 1 atom stereocenters. The highest BCUT2D eigenvalue weighted by Gasteiger charge is 2.24. The zero-order valence-electron chi connectivity index (χ0n) is 12.6. The second-order valence-electron chi connectivity index (χ2n) is 5.65. The van der Waals surface area contributed by atoms with Crippen molar-refractivity contribution in [2.75, 3.05) is 24.5 Å². The van der Waals surface area contributed by atoms with Crippen LogP contribution in [0, 0.1) is 18.3 Å². The number of nitrogens with zero attached hydrogens (tertiary/aromatic N) is 2. The van der Waals surface area contributed by atoms with Crippen molar-refractivity contribution >= 4 is 5.82 Å². The minimum atomic E-state index is 0.352. The lowest BCUT2D eigenvalue weighted by atomic mass is 10.1. The van der Waals surface area contributed by atoms with Gasteiger partial charge >= 0.3 is 0 Å². The SMILES string of the molecule is C#CCN(CC1CC1)c1cc(C(C)NCCC)ccn1. The maximum absolute atomic E-state index is 5.49. The van der Waals surface area contributed by atoms with Gasteiger partial charge in [0.2, 0.25) is 0 Å². The molecule has 1 N–H and O–H groups in total. The Hall–Kier alpha value is -1.53. The van der Waals surface area contributed by atoms with Crippen molar-refractivity contribution in [1.82, 2.24) is 10.3 Å². The average molecular weight is 271 g/mol. The molecule has 1 unspecified atom stereocenters. The van der Waals surface area contributed by atoms with E-state index in [0.29, 0.717) is 12.6 Å². The third-order valence-corrected chi connectivity index (χ3v) is 3.75. The normalized spacial score (nSPS) is 15.7. The standard InChI is InChI=1S/C17H25N3/c1-4-9-18-14(3)16-8-10-19-17(12-16)20(11-5-2)13-15-6-7-15/h2,8,10,12,14-15,18H,4,6-7,9,11,13H2,1,3H3. The van der Waals surface area contributed by atoms with Crippen LogP contribution in [0.4, 0.5) is 5.82 Å². The molecule has 0 spiro atoms. The molecule has 3 heteroatoms. The maximum Gasteiger partial charge on any atom is 0.129 e. The van der Waals surface area contributed by atoms with Crippen LogP contribution in [0.25, 0.3) is 0 Å². The zero-order chi connectivity index (χ0) is 14.4. The summed E-state index contributed by atoms with van der Waals surface area (Å²) in [7, 11) is 0. The van der Waals surface area contributed by atoms with Crippen LogP contribution in [0.1, 0.15) is 44.7 Å². The van der Waals surface area contributed by atoms with Gasteiger partial charge < -0.3 is 10.2 Å². The summed E-state index contributed by atoms with van der Waals surface area (Å²) in [5, 5.41) is 3.51. The van der Waals surface area contributed by atoms with Crippen molar-refractivity contribution < 1.29 is 0 Å². The summed E-state index contributed by atoms with van der Waals surface area (Å²) in [5.74, 6) is 4.57. The Balaban J connectivity index is 2.07. The summed E-state index contributed by atoms with van der Waals surface area (Å²) in [5.41, 5.74) is 1.28. The topological polar surface area (TPSA) is 28.2 Å². The first kappa shape index (κ1) is 14.9. The molecule has 20 heavy (non-hydrogen) atoms. The molecule has 1 aliphatic rings. The second-order valence-corrected chi connectivity index (χ2v) is 5.65. The van der Waals surface area contributed by atoms with Crippen molar-refractivity contribution in [2.24, 2.45) is 5.92 Å². The van der Waals surface area contributed by atoms with Crippen LogP contribution in [0.5, 0.6) is 0 Å². The number of hydrogen-bond donors (Lipinski definition) is 1. The molecule has 1 saturated carbocycles. The molecule has 1 aromatic heterocycles. The van der Waals surface area contributed by atoms with E-state index in [4.69, 9.17) is 6.42 Å². The molecule has 0 bridgehead atoms. The van der Waals surface area contributed by atoms with Gasteiger partial charge in [0.05, 0.1) is 6.54 Å². The van der Waals surface area contributed by atoms with Crippen LogP contribution in [0.15, 0.2) is 18.3 Å². The number of nitrogens with one attached hydrogen (secondary N) is 1. The number of pyridine rings is 1. The Bertz CT molecular complexity index is 460. The molecule has 108 valence electrons. The fourth-order valence-corrected chi connectivity index (χ4v) is 2.32. The summed E-state index contributed by atoms with van der Waals surface area (Å²) in [4.78, 5) is 6.73. The first-order valence-electron chi connectivity index (χ1n) is 7.62. The van der Waals surface area contributed by atoms with Gasteiger partial charge in [-0.3, -0.25) is 0 Å². The average Bonchev–Trinajstić information content (AvgIpc) is 3.28. The van der Waals surface area contributed by atoms with E-state index in [2.05, 4.69) is 47.1 Å². The van der Waals surface area contributed by atoms with E-state index in [1.165, 1.54) is 18.4 Å². The fraction of sp³-hybridized carbons (Fsp3) is 0.588. The van der Waals surface area contributed by atoms with Gasteiger partial charge in [0.1, 0.15) is 5.82 Å². The van der Waals surface area contributed by atoms with Crippen LogP contribution in [0.2, 0.25) is 0 Å². The second kappa shape index (κ2) is 7.31. The van der Waals surface area contributed by atoms with E-state index in [1.54, 1.807) is 0 Å². The zero-order valence-corrected chi connectivity index (χ0v) is 12.6. The molecule has 3 nitrogen and oxygen atoms in total. The highest BCUT2D eigenvalue weighted by molar-refractivity contribution is 5.43. The molecule has 1 aromatic rings. The van der Waals surface area contributed by atoms with Crippen molar-refractivity contribution in [3.63, 3.8) is 0 Å². The molecule has 0 saturated heterocycles. The lowest BCUT2D eigenvalue weighted by molar-refractivity contribution is 0.570. The monoisotopic (exact) mass is 271 g/mol. The van der Waals surface area contributed by atoms with Gasteiger partial charge in [-0.15, -0.1) is 6.42 Å². The van der Waals surface area contributed by atoms with E-state index in [-0.39, 0.29) is 0 Å². The predicted octanol–water partition coefficient (Wildman–Crippen LogP) is 2.99. The van der Waals surface area contributed by atoms with E-state index < -0.39 is 0 Å². The number of anilines is 1. The van der Waals surface area contributed by atoms with Crippen molar-refractivity contribution in [3.8, 4) is 12.3 Å². The summed E-state index contributed by atoms with van der Waals surface area (Å²) in [6, 6.07) is 4.61. The molecule has 1 heterocycles. The molecular formula is C17H25N3. The van der Waals surface area contributed by atoms with Crippen LogP contribution >= 0.6 is 0 Å². The van der Waals surface area contributed by atoms with Gasteiger partial charge in [-0.2, -0.15) is 0 Å². The van der Waals surface area contributed by atoms with Gasteiger partial charge in [-0.05, 0) is 56.3 Å².